The number of hydrogen-bond acceptors (Lipinski definition) is 10. The van der Waals surface area contributed by atoms with Crippen molar-refractivity contribution in [1.82, 2.24) is 0 Å². The molecule has 0 unspecified atom stereocenters. The van der Waals surface area contributed by atoms with Gasteiger partial charge < -0.3 is 18.9 Å². The standard InChI is InChI=1S/C24H34O10S2/c1-29-21-9-7-17(13-23(21)31-3)11-19(15-33-35(5,25)26)20(16-34-36(6,27)28)12-18-8-10-22(30-2)24(14-18)32-4/h7-10,13-14,19-20H,11-12,15-16H2,1-6H3/t19-,20-/m0/s1. The molecule has 0 heterocycles. The molecule has 0 aromatic heterocycles. The van der Waals surface area contributed by atoms with E-state index in [1.165, 1.54) is 28.4 Å². The van der Waals surface area contributed by atoms with Gasteiger partial charge in [-0.15, -0.1) is 0 Å². The van der Waals surface area contributed by atoms with Gasteiger partial charge in [-0.2, -0.15) is 16.8 Å². The zero-order valence-corrected chi connectivity index (χ0v) is 23.0. The van der Waals surface area contributed by atoms with Gasteiger partial charge in [0.05, 0.1) is 54.2 Å². The molecule has 0 radical (unpaired) electrons. The summed E-state index contributed by atoms with van der Waals surface area (Å²) in [5.74, 6) is 1.25. The Morgan fingerprint density at radius 3 is 1.19 bits per heavy atom. The van der Waals surface area contributed by atoms with Gasteiger partial charge in [-0.1, -0.05) is 12.1 Å². The highest BCUT2D eigenvalue weighted by Gasteiger charge is 2.27. The minimum atomic E-state index is -3.74. The van der Waals surface area contributed by atoms with Crippen LogP contribution in [-0.4, -0.2) is 71.0 Å². The molecule has 0 bridgehead atoms. The zero-order valence-electron chi connectivity index (χ0n) is 21.3. The van der Waals surface area contributed by atoms with Gasteiger partial charge in [0.2, 0.25) is 0 Å². The van der Waals surface area contributed by atoms with Gasteiger partial charge in [-0.05, 0) is 60.1 Å². The van der Waals surface area contributed by atoms with Gasteiger partial charge in [-0.3, -0.25) is 8.37 Å². The highest BCUT2D eigenvalue weighted by atomic mass is 32.2. The van der Waals surface area contributed by atoms with Crippen molar-refractivity contribution < 1.29 is 44.1 Å². The molecular weight excluding hydrogens is 512 g/mol. The maximum atomic E-state index is 11.8. The van der Waals surface area contributed by atoms with Crippen LogP contribution in [0, 0.1) is 11.8 Å². The van der Waals surface area contributed by atoms with E-state index in [4.69, 9.17) is 27.3 Å². The van der Waals surface area contributed by atoms with Crippen LogP contribution in [0.4, 0.5) is 0 Å². The zero-order chi connectivity index (χ0) is 26.9. The fourth-order valence-corrected chi connectivity index (χ4v) is 4.61. The molecule has 0 saturated carbocycles. The lowest BCUT2D eigenvalue weighted by atomic mass is 9.83. The normalized spacial score (nSPS) is 13.6. The molecule has 10 nitrogen and oxygen atoms in total. The van der Waals surface area contributed by atoms with E-state index in [9.17, 15) is 16.8 Å². The Bertz CT molecular complexity index is 1110. The summed E-state index contributed by atoms with van der Waals surface area (Å²) >= 11 is 0. The van der Waals surface area contributed by atoms with E-state index in [0.717, 1.165) is 23.6 Å². The third kappa shape index (κ3) is 9.49. The van der Waals surface area contributed by atoms with Crippen LogP contribution in [0.1, 0.15) is 11.1 Å². The summed E-state index contributed by atoms with van der Waals surface area (Å²) in [7, 11) is -1.39. The molecule has 2 aromatic rings. The number of ether oxygens (including phenoxy) is 4. The highest BCUT2D eigenvalue weighted by molar-refractivity contribution is 7.86. The Balaban J connectivity index is 2.45. The summed E-state index contributed by atoms with van der Waals surface area (Å²) in [6.45, 7) is -0.337. The molecular formula is C24H34O10S2. The number of methoxy groups -OCH3 is 4. The molecule has 0 aliphatic carbocycles. The lowest BCUT2D eigenvalue weighted by Gasteiger charge is -2.27. The third-order valence-corrected chi connectivity index (χ3v) is 6.68. The molecule has 2 rings (SSSR count). The van der Waals surface area contributed by atoms with Crippen LogP contribution in [0.25, 0.3) is 0 Å². The van der Waals surface area contributed by atoms with Gasteiger partial charge in [0.25, 0.3) is 20.2 Å². The largest absolute Gasteiger partial charge is 0.493 e. The molecule has 2 atom stereocenters. The molecule has 2 aromatic carbocycles. The van der Waals surface area contributed by atoms with E-state index in [0.29, 0.717) is 35.8 Å². The third-order valence-electron chi connectivity index (χ3n) is 5.55. The first-order valence-electron chi connectivity index (χ1n) is 11.0. The lowest BCUT2D eigenvalue weighted by Crippen LogP contribution is -2.30. The quantitative estimate of drug-likeness (QED) is 0.308. The van der Waals surface area contributed by atoms with E-state index >= 15 is 0 Å². The first-order valence-corrected chi connectivity index (χ1v) is 14.6. The van der Waals surface area contributed by atoms with E-state index in [1.807, 2.05) is 12.1 Å². The summed E-state index contributed by atoms with van der Waals surface area (Å²) in [6, 6.07) is 10.7. The van der Waals surface area contributed by atoms with Gasteiger partial charge >= 0.3 is 0 Å². The Labute approximate surface area is 213 Å². The van der Waals surface area contributed by atoms with Crippen molar-refractivity contribution in [3.05, 3.63) is 47.5 Å². The minimum Gasteiger partial charge on any atom is -0.493 e. The maximum Gasteiger partial charge on any atom is 0.264 e. The second-order valence-corrected chi connectivity index (χ2v) is 11.6. The molecule has 0 amide bonds. The Morgan fingerprint density at radius 1 is 0.583 bits per heavy atom. The molecule has 0 fully saturated rings. The second kappa shape index (κ2) is 13.1. The molecule has 0 aliphatic heterocycles. The Hall–Kier alpha value is -2.54. The SMILES string of the molecule is COc1ccc(C[C@@H](COS(C)(=O)=O)[C@H](COS(C)(=O)=O)Cc2ccc(OC)c(OC)c2)cc1OC. The molecule has 0 N–H and O–H groups in total. The summed E-state index contributed by atoms with van der Waals surface area (Å²) in [5.41, 5.74) is 1.65. The van der Waals surface area contributed by atoms with Crippen molar-refractivity contribution in [2.24, 2.45) is 11.8 Å². The fourth-order valence-electron chi connectivity index (χ4n) is 3.77. The van der Waals surface area contributed by atoms with Crippen molar-refractivity contribution in [1.29, 1.82) is 0 Å². The summed E-state index contributed by atoms with van der Waals surface area (Å²) in [4.78, 5) is 0. The molecule has 202 valence electrons. The topological polar surface area (TPSA) is 124 Å². The van der Waals surface area contributed by atoms with Crippen molar-refractivity contribution in [2.75, 3.05) is 54.2 Å². The van der Waals surface area contributed by atoms with Crippen LogP contribution >= 0.6 is 0 Å². The predicted molar refractivity (Wildman–Crippen MR) is 135 cm³/mol. The molecule has 0 spiro atoms. The van der Waals surface area contributed by atoms with Crippen molar-refractivity contribution in [3.63, 3.8) is 0 Å². The van der Waals surface area contributed by atoms with Gasteiger partial charge in [0.1, 0.15) is 0 Å². The van der Waals surface area contributed by atoms with E-state index < -0.39 is 32.1 Å². The summed E-state index contributed by atoms with van der Waals surface area (Å²) in [6.07, 6.45) is 2.66. The van der Waals surface area contributed by atoms with Gasteiger partial charge in [0, 0.05) is 0 Å². The first kappa shape index (κ1) is 29.7. The van der Waals surface area contributed by atoms with Crippen LogP contribution in [0.15, 0.2) is 36.4 Å². The van der Waals surface area contributed by atoms with Crippen LogP contribution in [-0.2, 0) is 41.4 Å². The van der Waals surface area contributed by atoms with Gasteiger partial charge in [-0.25, -0.2) is 0 Å². The Kier molecular flexibility index (Phi) is 10.8. The Morgan fingerprint density at radius 2 is 0.917 bits per heavy atom. The maximum absolute atomic E-state index is 11.8. The van der Waals surface area contributed by atoms with E-state index in [-0.39, 0.29) is 13.2 Å². The van der Waals surface area contributed by atoms with Gasteiger partial charge in [0.15, 0.2) is 23.0 Å². The highest BCUT2D eigenvalue weighted by Crippen LogP contribution is 2.33. The minimum absolute atomic E-state index is 0.168. The molecule has 36 heavy (non-hydrogen) atoms. The van der Waals surface area contributed by atoms with Crippen LogP contribution in [0.3, 0.4) is 0 Å². The number of benzene rings is 2. The predicted octanol–water partition coefficient (Wildman–Crippen LogP) is 2.69. The van der Waals surface area contributed by atoms with Crippen molar-refractivity contribution >= 4 is 20.2 Å². The average molecular weight is 547 g/mol. The number of rotatable bonds is 15. The first-order chi connectivity index (χ1) is 16.9. The molecule has 0 aliphatic rings. The lowest BCUT2D eigenvalue weighted by molar-refractivity contribution is 0.147. The molecule has 0 saturated heterocycles. The van der Waals surface area contributed by atoms with E-state index in [1.54, 1.807) is 24.3 Å². The summed E-state index contributed by atoms with van der Waals surface area (Å²) in [5, 5.41) is 0. The monoisotopic (exact) mass is 546 g/mol. The fraction of sp³-hybridized carbons (Fsp3) is 0.500. The number of hydrogen-bond donors (Lipinski definition) is 0. The van der Waals surface area contributed by atoms with Crippen LogP contribution in [0.5, 0.6) is 23.0 Å². The van der Waals surface area contributed by atoms with Crippen molar-refractivity contribution in [3.8, 4) is 23.0 Å². The summed E-state index contributed by atoms with van der Waals surface area (Å²) < 4.78 is 78.9. The van der Waals surface area contributed by atoms with Crippen molar-refractivity contribution in [2.45, 2.75) is 12.8 Å². The second-order valence-electron chi connectivity index (χ2n) is 8.28. The van der Waals surface area contributed by atoms with E-state index in [2.05, 4.69) is 0 Å². The average Bonchev–Trinajstić information content (AvgIpc) is 2.82. The molecule has 12 heteroatoms. The van der Waals surface area contributed by atoms with Crippen LogP contribution < -0.4 is 18.9 Å². The van der Waals surface area contributed by atoms with Crippen LogP contribution in [0.2, 0.25) is 0 Å². The smallest absolute Gasteiger partial charge is 0.264 e.